The molecule has 78 valence electrons. The van der Waals surface area contributed by atoms with E-state index in [1.54, 1.807) is 13.1 Å². The van der Waals surface area contributed by atoms with E-state index in [1.165, 1.54) is 12.1 Å². The zero-order chi connectivity index (χ0) is 10.7. The van der Waals surface area contributed by atoms with Gasteiger partial charge in [-0.3, -0.25) is 0 Å². The highest BCUT2D eigenvalue weighted by Crippen LogP contribution is 2.28. The van der Waals surface area contributed by atoms with Gasteiger partial charge in [0.1, 0.15) is 0 Å². The minimum absolute atomic E-state index is 0.112. The summed E-state index contributed by atoms with van der Waals surface area (Å²) in [6.45, 7) is 1.83. The first-order valence-corrected chi connectivity index (χ1v) is 4.43. The van der Waals surface area contributed by atoms with Gasteiger partial charge in [-0.05, 0) is 31.7 Å². The van der Waals surface area contributed by atoms with Crippen molar-refractivity contribution in [2.24, 2.45) is 0 Å². The van der Waals surface area contributed by atoms with Gasteiger partial charge in [-0.2, -0.15) is 0 Å². The number of aliphatic hydroxyl groups excluding tert-OH is 1. The Morgan fingerprint density at radius 3 is 2.36 bits per heavy atom. The fraction of sp³-hybridized carbons (Fsp3) is 0.400. The molecule has 0 aromatic heterocycles. The maximum atomic E-state index is 9.75. The Hall–Kier alpha value is -1.26. The largest absolute Gasteiger partial charge is 0.504 e. The molecule has 0 aliphatic rings. The van der Waals surface area contributed by atoms with Gasteiger partial charge < -0.3 is 20.6 Å². The lowest BCUT2D eigenvalue weighted by Gasteiger charge is -2.18. The van der Waals surface area contributed by atoms with Crippen LogP contribution in [0.15, 0.2) is 18.2 Å². The van der Waals surface area contributed by atoms with Gasteiger partial charge in [0.05, 0.1) is 6.10 Å². The normalized spacial score (nSPS) is 15.1. The second-order valence-corrected chi connectivity index (χ2v) is 3.27. The van der Waals surface area contributed by atoms with Gasteiger partial charge in [0, 0.05) is 6.04 Å². The van der Waals surface area contributed by atoms with Crippen LogP contribution < -0.4 is 5.32 Å². The van der Waals surface area contributed by atoms with Crippen molar-refractivity contribution >= 4 is 0 Å². The highest BCUT2D eigenvalue weighted by molar-refractivity contribution is 5.41. The van der Waals surface area contributed by atoms with Gasteiger partial charge in [-0.15, -0.1) is 0 Å². The molecule has 0 aliphatic carbocycles. The Morgan fingerprint density at radius 2 is 1.86 bits per heavy atom. The highest BCUT2D eigenvalue weighted by Gasteiger charge is 2.15. The zero-order valence-corrected chi connectivity index (χ0v) is 8.23. The summed E-state index contributed by atoms with van der Waals surface area (Å²) in [6.07, 6.45) is -0.702. The lowest BCUT2D eigenvalue weighted by atomic mass is 10.0. The lowest BCUT2D eigenvalue weighted by Crippen LogP contribution is -2.28. The summed E-state index contributed by atoms with van der Waals surface area (Å²) in [7, 11) is 1.74. The Kier molecular flexibility index (Phi) is 3.33. The molecule has 0 saturated heterocycles. The van der Waals surface area contributed by atoms with Gasteiger partial charge in [0.15, 0.2) is 11.5 Å². The van der Waals surface area contributed by atoms with Crippen LogP contribution in [0.5, 0.6) is 11.5 Å². The smallest absolute Gasteiger partial charge is 0.157 e. The average Bonchev–Trinajstić information content (AvgIpc) is 2.20. The number of hydrogen-bond donors (Lipinski definition) is 4. The maximum absolute atomic E-state index is 9.75. The quantitative estimate of drug-likeness (QED) is 0.539. The fourth-order valence-electron chi connectivity index (χ4n) is 1.17. The van der Waals surface area contributed by atoms with Crippen molar-refractivity contribution in [2.45, 2.75) is 19.1 Å². The molecule has 0 spiro atoms. The number of phenols is 2. The third kappa shape index (κ3) is 2.16. The molecule has 4 N–H and O–H groups in total. The van der Waals surface area contributed by atoms with Crippen LogP contribution in [0.2, 0.25) is 0 Å². The van der Waals surface area contributed by atoms with Gasteiger partial charge in [-0.25, -0.2) is 0 Å². The van der Waals surface area contributed by atoms with Crippen molar-refractivity contribution in [2.75, 3.05) is 7.05 Å². The van der Waals surface area contributed by atoms with Crippen LogP contribution >= 0.6 is 0 Å². The molecule has 0 fully saturated rings. The molecule has 4 nitrogen and oxygen atoms in total. The van der Waals surface area contributed by atoms with Gasteiger partial charge in [-0.1, -0.05) is 6.07 Å². The van der Waals surface area contributed by atoms with E-state index < -0.39 is 6.10 Å². The van der Waals surface area contributed by atoms with Crippen molar-refractivity contribution < 1.29 is 15.3 Å². The predicted molar refractivity (Wildman–Crippen MR) is 53.3 cm³/mol. The van der Waals surface area contributed by atoms with Crippen molar-refractivity contribution in [3.05, 3.63) is 23.8 Å². The molecule has 0 bridgehead atoms. The molecule has 1 aromatic rings. The third-order valence-corrected chi connectivity index (χ3v) is 2.27. The first-order valence-electron chi connectivity index (χ1n) is 4.43. The van der Waals surface area contributed by atoms with Crippen molar-refractivity contribution in [1.82, 2.24) is 5.32 Å². The number of aliphatic hydroxyl groups is 1. The SMILES string of the molecule is CN[C@H](C)[C@@H](O)c1ccc(O)c(O)c1. The number of benzene rings is 1. The Morgan fingerprint density at radius 1 is 1.21 bits per heavy atom. The van der Waals surface area contributed by atoms with Crippen molar-refractivity contribution in [3.8, 4) is 11.5 Å². The van der Waals surface area contributed by atoms with E-state index in [-0.39, 0.29) is 17.5 Å². The molecular formula is C10H15NO3. The van der Waals surface area contributed by atoms with Crippen LogP contribution in [0.3, 0.4) is 0 Å². The molecule has 0 unspecified atom stereocenters. The van der Waals surface area contributed by atoms with E-state index in [1.807, 2.05) is 6.92 Å². The van der Waals surface area contributed by atoms with Crippen LogP contribution in [0.4, 0.5) is 0 Å². The van der Waals surface area contributed by atoms with Crippen LogP contribution in [-0.4, -0.2) is 28.4 Å². The summed E-state index contributed by atoms with van der Waals surface area (Å²) in [6, 6.07) is 4.18. The number of rotatable bonds is 3. The van der Waals surface area contributed by atoms with Gasteiger partial charge in [0.2, 0.25) is 0 Å². The maximum Gasteiger partial charge on any atom is 0.157 e. The van der Waals surface area contributed by atoms with Crippen LogP contribution in [0.1, 0.15) is 18.6 Å². The number of likely N-dealkylation sites (N-methyl/N-ethyl adjacent to an activating group) is 1. The van der Waals surface area contributed by atoms with E-state index in [0.29, 0.717) is 5.56 Å². The molecule has 0 amide bonds. The van der Waals surface area contributed by atoms with E-state index in [2.05, 4.69) is 5.32 Å². The third-order valence-electron chi connectivity index (χ3n) is 2.27. The summed E-state index contributed by atoms with van der Waals surface area (Å²) in [5.41, 5.74) is 0.571. The monoisotopic (exact) mass is 197 g/mol. The Balaban J connectivity index is 2.91. The summed E-state index contributed by atoms with van der Waals surface area (Å²) in [5.74, 6) is -0.400. The second kappa shape index (κ2) is 4.30. The molecule has 0 radical (unpaired) electrons. The minimum atomic E-state index is -0.702. The molecule has 0 heterocycles. The van der Waals surface area contributed by atoms with E-state index in [9.17, 15) is 10.2 Å². The van der Waals surface area contributed by atoms with Crippen LogP contribution in [-0.2, 0) is 0 Å². The first kappa shape index (κ1) is 10.8. The molecule has 2 atom stereocenters. The summed E-state index contributed by atoms with van der Waals surface area (Å²) >= 11 is 0. The molecule has 14 heavy (non-hydrogen) atoms. The number of phenolic OH excluding ortho intramolecular Hbond substituents is 2. The molecule has 0 saturated carbocycles. The molecule has 4 heteroatoms. The fourth-order valence-corrected chi connectivity index (χ4v) is 1.17. The highest BCUT2D eigenvalue weighted by atomic mass is 16.3. The first-order chi connectivity index (χ1) is 6.56. The standard InChI is InChI=1S/C10H15NO3/c1-6(11-2)10(14)7-3-4-8(12)9(13)5-7/h3-6,10-14H,1-2H3/t6-,10-/m1/s1. The Bertz CT molecular complexity index is 314. The summed E-state index contributed by atoms with van der Waals surface area (Å²) in [5, 5.41) is 30.9. The lowest BCUT2D eigenvalue weighted by molar-refractivity contribution is 0.139. The second-order valence-electron chi connectivity index (χ2n) is 3.27. The minimum Gasteiger partial charge on any atom is -0.504 e. The molecular weight excluding hydrogens is 182 g/mol. The number of nitrogens with one attached hydrogen (secondary N) is 1. The van der Waals surface area contributed by atoms with Gasteiger partial charge in [0.25, 0.3) is 0 Å². The summed E-state index contributed by atoms with van der Waals surface area (Å²) in [4.78, 5) is 0. The van der Waals surface area contributed by atoms with Crippen LogP contribution in [0, 0.1) is 0 Å². The Labute approximate surface area is 82.8 Å². The number of hydrogen-bond acceptors (Lipinski definition) is 4. The van der Waals surface area contributed by atoms with Crippen molar-refractivity contribution in [1.29, 1.82) is 0 Å². The summed E-state index contributed by atoms with van der Waals surface area (Å²) < 4.78 is 0. The molecule has 1 aromatic carbocycles. The zero-order valence-electron chi connectivity index (χ0n) is 8.23. The van der Waals surface area contributed by atoms with E-state index >= 15 is 0 Å². The van der Waals surface area contributed by atoms with Crippen LogP contribution in [0.25, 0.3) is 0 Å². The molecule has 0 aliphatic heterocycles. The molecule has 1 rings (SSSR count). The topological polar surface area (TPSA) is 72.7 Å². The van der Waals surface area contributed by atoms with E-state index in [0.717, 1.165) is 0 Å². The predicted octanol–water partition coefficient (Wildman–Crippen LogP) is 0.739. The number of aromatic hydroxyl groups is 2. The van der Waals surface area contributed by atoms with Crippen molar-refractivity contribution in [3.63, 3.8) is 0 Å². The van der Waals surface area contributed by atoms with E-state index in [4.69, 9.17) is 5.11 Å². The average molecular weight is 197 g/mol. The van der Waals surface area contributed by atoms with Gasteiger partial charge >= 0.3 is 0 Å².